The highest BCUT2D eigenvalue weighted by Gasteiger charge is 2.26. The van der Waals surface area contributed by atoms with Crippen LogP contribution in [0.3, 0.4) is 0 Å². The molecule has 2 aromatic heterocycles. The van der Waals surface area contributed by atoms with Gasteiger partial charge in [0.2, 0.25) is 0 Å². The third-order valence-electron chi connectivity index (χ3n) is 8.91. The van der Waals surface area contributed by atoms with E-state index in [-0.39, 0.29) is 17.9 Å². The summed E-state index contributed by atoms with van der Waals surface area (Å²) < 4.78 is 0. The van der Waals surface area contributed by atoms with E-state index in [2.05, 4.69) is 42.1 Å². The van der Waals surface area contributed by atoms with Crippen molar-refractivity contribution in [2.75, 3.05) is 6.54 Å². The van der Waals surface area contributed by atoms with Crippen LogP contribution in [0.15, 0.2) is 54.9 Å². The Morgan fingerprint density at radius 2 is 1.67 bits per heavy atom. The minimum absolute atomic E-state index is 0.0308. The molecule has 1 fully saturated rings. The van der Waals surface area contributed by atoms with Crippen LogP contribution in [-0.2, 0) is 16.6 Å². The minimum Gasteiger partial charge on any atom is -0.481 e. The fourth-order valence-electron chi connectivity index (χ4n) is 6.28. The first-order valence-corrected chi connectivity index (χ1v) is 16.2. The largest absolute Gasteiger partial charge is 0.481 e. The number of rotatable bonds is 9. The summed E-state index contributed by atoms with van der Waals surface area (Å²) in [6.07, 6.45) is 17.2. The summed E-state index contributed by atoms with van der Waals surface area (Å²) >= 11 is 1.45. The molecule has 5 rings (SSSR count). The zero-order valence-corrected chi connectivity index (χ0v) is 25.9. The standard InChI is InChI=1S/C35H43N3O3S/c1-35(2,3)31-18-17-30(42-31)33(39)38-20-28(34(40)41)19-23-9-11-27(12-10-23)32-36-21-29(22-37-32)26-15-13-25(14-16-26)24-7-5-4-6-8-24/h9-12,15,17-18,21-22,24-25,28H,4-8,13-14,16,19-20H2,1-3H3,(H,38,39)(H,40,41). The normalized spacial score (nSPS) is 18.7. The maximum absolute atomic E-state index is 12.7. The maximum atomic E-state index is 12.7. The Balaban J connectivity index is 1.15. The highest BCUT2D eigenvalue weighted by atomic mass is 32.1. The molecule has 2 heterocycles. The Bertz CT molecular complexity index is 1400. The summed E-state index contributed by atoms with van der Waals surface area (Å²) in [6.45, 7) is 6.39. The van der Waals surface area contributed by atoms with Crippen LogP contribution in [0, 0.1) is 17.8 Å². The van der Waals surface area contributed by atoms with Gasteiger partial charge in [-0.3, -0.25) is 9.59 Å². The summed E-state index contributed by atoms with van der Waals surface area (Å²) in [4.78, 5) is 35.7. The molecule has 3 aromatic rings. The molecule has 0 saturated heterocycles. The first-order valence-electron chi connectivity index (χ1n) is 15.4. The number of hydrogen-bond acceptors (Lipinski definition) is 5. The number of benzene rings is 1. The summed E-state index contributed by atoms with van der Waals surface area (Å²) in [5.41, 5.74) is 4.23. The number of hydrogen-bond donors (Lipinski definition) is 2. The predicted molar refractivity (Wildman–Crippen MR) is 170 cm³/mol. The molecule has 222 valence electrons. The number of amides is 1. The van der Waals surface area contributed by atoms with E-state index < -0.39 is 11.9 Å². The molecule has 42 heavy (non-hydrogen) atoms. The number of aliphatic carboxylic acids is 1. The molecule has 2 aliphatic carbocycles. The number of thiophene rings is 1. The predicted octanol–water partition coefficient (Wildman–Crippen LogP) is 7.94. The maximum Gasteiger partial charge on any atom is 0.308 e. The van der Waals surface area contributed by atoms with Crippen molar-refractivity contribution in [2.45, 2.75) is 84.0 Å². The Kier molecular flexibility index (Phi) is 9.57. The number of nitrogens with one attached hydrogen (secondary N) is 1. The van der Waals surface area contributed by atoms with Crippen molar-refractivity contribution in [3.05, 3.63) is 75.7 Å². The lowest BCUT2D eigenvalue weighted by Crippen LogP contribution is -2.33. The number of carbonyl (C=O) groups excluding carboxylic acids is 1. The molecule has 7 heteroatoms. The van der Waals surface area contributed by atoms with E-state index >= 15 is 0 Å². The summed E-state index contributed by atoms with van der Waals surface area (Å²) in [5.74, 6) is 0.532. The second-order valence-corrected chi connectivity index (χ2v) is 14.1. The van der Waals surface area contributed by atoms with Crippen molar-refractivity contribution in [3.8, 4) is 11.4 Å². The quantitative estimate of drug-likeness (QED) is 0.266. The first-order chi connectivity index (χ1) is 20.2. The first kappa shape index (κ1) is 30.1. The summed E-state index contributed by atoms with van der Waals surface area (Å²) in [5, 5.41) is 12.6. The van der Waals surface area contributed by atoms with Gasteiger partial charge in [-0.05, 0) is 66.2 Å². The molecule has 2 N–H and O–H groups in total. The van der Waals surface area contributed by atoms with Gasteiger partial charge in [0, 0.05) is 34.9 Å². The van der Waals surface area contributed by atoms with Crippen LogP contribution in [0.5, 0.6) is 0 Å². The average molecular weight is 586 g/mol. The Morgan fingerprint density at radius 3 is 2.26 bits per heavy atom. The number of carboxylic acid groups (broad SMARTS) is 1. The molecule has 0 aliphatic heterocycles. The fourth-order valence-corrected chi connectivity index (χ4v) is 7.26. The topological polar surface area (TPSA) is 92.2 Å². The van der Waals surface area contributed by atoms with Gasteiger partial charge in [-0.2, -0.15) is 0 Å². The van der Waals surface area contributed by atoms with Crippen LogP contribution in [-0.4, -0.2) is 33.5 Å². The van der Waals surface area contributed by atoms with Gasteiger partial charge in [0.05, 0.1) is 10.8 Å². The lowest BCUT2D eigenvalue weighted by atomic mass is 9.73. The van der Waals surface area contributed by atoms with Gasteiger partial charge in [0.15, 0.2) is 5.82 Å². The van der Waals surface area contributed by atoms with Gasteiger partial charge in [-0.1, -0.05) is 83.2 Å². The van der Waals surface area contributed by atoms with Crippen LogP contribution in [0.25, 0.3) is 17.0 Å². The second-order valence-electron chi connectivity index (χ2n) is 13.0. The minimum atomic E-state index is -0.929. The zero-order chi connectivity index (χ0) is 29.7. The van der Waals surface area contributed by atoms with Gasteiger partial charge in [0.1, 0.15) is 0 Å². The SMILES string of the molecule is CC(C)(C)c1ccc(C(=O)NCC(Cc2ccc(-c3ncc(C4=CCC(C5CCCCC5)CC4)cn3)cc2)C(=O)O)s1. The lowest BCUT2D eigenvalue weighted by Gasteiger charge is -2.32. The molecule has 6 nitrogen and oxygen atoms in total. The molecule has 0 spiro atoms. The number of allylic oxidation sites excluding steroid dienone is 2. The number of aromatic nitrogens is 2. The van der Waals surface area contributed by atoms with Crippen LogP contribution in [0.1, 0.15) is 97.8 Å². The Morgan fingerprint density at radius 1 is 0.952 bits per heavy atom. The number of nitrogens with zero attached hydrogens (tertiary/aromatic N) is 2. The molecule has 2 unspecified atom stereocenters. The molecule has 2 atom stereocenters. The zero-order valence-electron chi connectivity index (χ0n) is 25.1. The number of carboxylic acids is 1. The van der Waals surface area contributed by atoms with Crippen molar-refractivity contribution in [2.24, 2.45) is 17.8 Å². The van der Waals surface area contributed by atoms with Crippen molar-refractivity contribution >= 4 is 28.8 Å². The van der Waals surface area contributed by atoms with Crippen LogP contribution < -0.4 is 5.32 Å². The van der Waals surface area contributed by atoms with Crippen LogP contribution >= 0.6 is 11.3 Å². The smallest absolute Gasteiger partial charge is 0.308 e. The molecule has 1 amide bonds. The Labute approximate surface area is 253 Å². The molecule has 0 radical (unpaired) electrons. The summed E-state index contributed by atoms with van der Waals surface area (Å²) in [7, 11) is 0. The molecule has 0 bridgehead atoms. The van der Waals surface area contributed by atoms with Gasteiger partial charge in [-0.15, -0.1) is 11.3 Å². The van der Waals surface area contributed by atoms with Gasteiger partial charge in [-0.25, -0.2) is 9.97 Å². The molecule has 1 saturated carbocycles. The fraction of sp³-hybridized carbons (Fsp3) is 0.486. The van der Waals surface area contributed by atoms with E-state index in [1.165, 1.54) is 61.9 Å². The van der Waals surface area contributed by atoms with Crippen molar-refractivity contribution in [3.63, 3.8) is 0 Å². The van der Waals surface area contributed by atoms with E-state index in [1.807, 2.05) is 48.8 Å². The average Bonchev–Trinajstić information content (AvgIpc) is 3.52. The third-order valence-corrected chi connectivity index (χ3v) is 10.4. The van der Waals surface area contributed by atoms with E-state index in [4.69, 9.17) is 0 Å². The second kappa shape index (κ2) is 13.3. The van der Waals surface area contributed by atoms with Crippen molar-refractivity contribution < 1.29 is 14.7 Å². The van der Waals surface area contributed by atoms with E-state index in [9.17, 15) is 14.7 Å². The molecular weight excluding hydrogens is 542 g/mol. The third kappa shape index (κ3) is 7.54. The Hall–Kier alpha value is -3.32. The van der Waals surface area contributed by atoms with Gasteiger partial charge >= 0.3 is 5.97 Å². The van der Waals surface area contributed by atoms with Crippen LogP contribution in [0.4, 0.5) is 0 Å². The summed E-state index contributed by atoms with van der Waals surface area (Å²) in [6, 6.07) is 11.5. The highest BCUT2D eigenvalue weighted by molar-refractivity contribution is 7.14. The lowest BCUT2D eigenvalue weighted by molar-refractivity contribution is -0.141. The number of carbonyl (C=O) groups is 2. The van der Waals surface area contributed by atoms with E-state index in [1.54, 1.807) is 0 Å². The molecular formula is C35H43N3O3S. The molecule has 1 aromatic carbocycles. The highest BCUT2D eigenvalue weighted by Crippen LogP contribution is 2.39. The van der Waals surface area contributed by atoms with E-state index in [0.29, 0.717) is 17.1 Å². The van der Waals surface area contributed by atoms with Gasteiger partial charge in [0.25, 0.3) is 5.91 Å². The molecule has 2 aliphatic rings. The van der Waals surface area contributed by atoms with E-state index in [0.717, 1.165) is 39.8 Å². The van der Waals surface area contributed by atoms with Crippen molar-refractivity contribution in [1.82, 2.24) is 15.3 Å². The van der Waals surface area contributed by atoms with Crippen LogP contribution in [0.2, 0.25) is 0 Å². The van der Waals surface area contributed by atoms with Gasteiger partial charge < -0.3 is 10.4 Å². The van der Waals surface area contributed by atoms with Crippen molar-refractivity contribution in [1.29, 1.82) is 0 Å². The monoisotopic (exact) mass is 585 g/mol.